The SMILES string of the molecule is CC1(O)CCCN(S(=O)(=O)c2ccc(CN)cc2)C1. The van der Waals surface area contributed by atoms with E-state index in [1.165, 1.54) is 4.31 Å². The van der Waals surface area contributed by atoms with Crippen LogP contribution in [-0.4, -0.2) is 36.5 Å². The Labute approximate surface area is 114 Å². The number of sulfonamides is 1. The molecule has 0 spiro atoms. The highest BCUT2D eigenvalue weighted by molar-refractivity contribution is 7.89. The van der Waals surface area contributed by atoms with E-state index in [4.69, 9.17) is 5.73 Å². The van der Waals surface area contributed by atoms with Crippen molar-refractivity contribution in [3.63, 3.8) is 0 Å². The lowest BCUT2D eigenvalue weighted by Gasteiger charge is -2.35. The van der Waals surface area contributed by atoms with Gasteiger partial charge < -0.3 is 10.8 Å². The normalized spacial score (nSPS) is 25.4. The molecule has 0 radical (unpaired) electrons. The molecule has 0 bridgehead atoms. The monoisotopic (exact) mass is 284 g/mol. The molecular weight excluding hydrogens is 264 g/mol. The van der Waals surface area contributed by atoms with Crippen LogP contribution in [0, 0.1) is 0 Å². The lowest BCUT2D eigenvalue weighted by molar-refractivity contribution is 0.00940. The summed E-state index contributed by atoms with van der Waals surface area (Å²) >= 11 is 0. The van der Waals surface area contributed by atoms with Crippen LogP contribution in [0.2, 0.25) is 0 Å². The van der Waals surface area contributed by atoms with E-state index in [1.54, 1.807) is 31.2 Å². The van der Waals surface area contributed by atoms with E-state index in [1.807, 2.05) is 0 Å². The van der Waals surface area contributed by atoms with Crippen LogP contribution >= 0.6 is 0 Å². The van der Waals surface area contributed by atoms with Crippen LogP contribution in [0.4, 0.5) is 0 Å². The van der Waals surface area contributed by atoms with Crippen LogP contribution in [0.15, 0.2) is 29.2 Å². The molecule has 1 heterocycles. The fourth-order valence-corrected chi connectivity index (χ4v) is 3.92. The van der Waals surface area contributed by atoms with E-state index in [-0.39, 0.29) is 11.4 Å². The van der Waals surface area contributed by atoms with Gasteiger partial charge in [0.15, 0.2) is 0 Å². The Hall–Kier alpha value is -0.950. The van der Waals surface area contributed by atoms with Crippen molar-refractivity contribution in [2.45, 2.75) is 36.8 Å². The summed E-state index contributed by atoms with van der Waals surface area (Å²) in [5.41, 5.74) is 5.45. The number of hydrogen-bond acceptors (Lipinski definition) is 4. The maximum atomic E-state index is 12.5. The molecule has 1 aliphatic heterocycles. The molecule has 5 nitrogen and oxygen atoms in total. The van der Waals surface area contributed by atoms with Crippen molar-refractivity contribution >= 4 is 10.0 Å². The third-order valence-electron chi connectivity index (χ3n) is 3.44. The van der Waals surface area contributed by atoms with Gasteiger partial charge in [-0.2, -0.15) is 4.31 Å². The first-order chi connectivity index (χ1) is 8.85. The van der Waals surface area contributed by atoms with Crippen molar-refractivity contribution in [3.05, 3.63) is 29.8 Å². The molecular formula is C13H20N2O3S. The maximum absolute atomic E-state index is 12.5. The lowest BCUT2D eigenvalue weighted by Crippen LogP contribution is -2.48. The second-order valence-corrected chi connectivity index (χ2v) is 7.23. The van der Waals surface area contributed by atoms with Gasteiger partial charge in [-0.3, -0.25) is 0 Å². The summed E-state index contributed by atoms with van der Waals surface area (Å²) in [7, 11) is -3.53. The third-order valence-corrected chi connectivity index (χ3v) is 5.30. The third kappa shape index (κ3) is 3.14. The Morgan fingerprint density at radius 3 is 2.53 bits per heavy atom. The second kappa shape index (κ2) is 5.20. The first kappa shape index (κ1) is 14.5. The number of hydrogen-bond donors (Lipinski definition) is 2. The molecule has 2 rings (SSSR count). The Balaban J connectivity index is 2.26. The Bertz CT molecular complexity index is 538. The quantitative estimate of drug-likeness (QED) is 0.855. The molecule has 3 N–H and O–H groups in total. The summed E-state index contributed by atoms with van der Waals surface area (Å²) in [5, 5.41) is 10.0. The van der Waals surface area contributed by atoms with E-state index < -0.39 is 15.6 Å². The van der Waals surface area contributed by atoms with E-state index in [0.717, 1.165) is 5.56 Å². The molecule has 1 aromatic carbocycles. The Morgan fingerprint density at radius 2 is 2.00 bits per heavy atom. The molecule has 0 amide bonds. The van der Waals surface area contributed by atoms with Crippen molar-refractivity contribution in [1.29, 1.82) is 0 Å². The number of piperidine rings is 1. The summed E-state index contributed by atoms with van der Waals surface area (Å²) in [4.78, 5) is 0.252. The van der Waals surface area contributed by atoms with Crippen LogP contribution in [0.25, 0.3) is 0 Å². The largest absolute Gasteiger partial charge is 0.389 e. The fraction of sp³-hybridized carbons (Fsp3) is 0.538. The molecule has 6 heteroatoms. The smallest absolute Gasteiger partial charge is 0.243 e. The van der Waals surface area contributed by atoms with Crippen molar-refractivity contribution < 1.29 is 13.5 Å². The first-order valence-corrected chi connectivity index (χ1v) is 7.81. The average Bonchev–Trinajstić information content (AvgIpc) is 2.37. The number of benzene rings is 1. The minimum absolute atomic E-state index is 0.147. The van der Waals surface area contributed by atoms with Gasteiger partial charge in [0, 0.05) is 19.6 Å². The van der Waals surface area contributed by atoms with Gasteiger partial charge in [-0.25, -0.2) is 8.42 Å². The molecule has 1 atom stereocenters. The molecule has 0 saturated carbocycles. The summed E-state index contributed by atoms with van der Waals surface area (Å²) in [5.74, 6) is 0. The number of aliphatic hydroxyl groups is 1. The van der Waals surface area contributed by atoms with Crippen molar-refractivity contribution in [2.75, 3.05) is 13.1 Å². The highest BCUT2D eigenvalue weighted by Crippen LogP contribution is 2.26. The predicted octanol–water partition coefficient (Wildman–Crippen LogP) is 0.681. The minimum Gasteiger partial charge on any atom is -0.389 e. The van der Waals surface area contributed by atoms with Crippen molar-refractivity contribution in [2.24, 2.45) is 5.73 Å². The van der Waals surface area contributed by atoms with Crippen LogP contribution in [0.5, 0.6) is 0 Å². The van der Waals surface area contributed by atoms with E-state index in [2.05, 4.69) is 0 Å². The van der Waals surface area contributed by atoms with Gasteiger partial charge >= 0.3 is 0 Å². The molecule has 1 aromatic rings. The summed E-state index contributed by atoms with van der Waals surface area (Å²) in [6, 6.07) is 6.58. The van der Waals surface area contributed by atoms with Crippen molar-refractivity contribution in [3.8, 4) is 0 Å². The lowest BCUT2D eigenvalue weighted by atomic mass is 9.97. The molecule has 19 heavy (non-hydrogen) atoms. The molecule has 0 aromatic heterocycles. The van der Waals surface area contributed by atoms with Gasteiger partial charge in [-0.05, 0) is 37.5 Å². The van der Waals surface area contributed by atoms with E-state index in [0.29, 0.717) is 25.9 Å². The van der Waals surface area contributed by atoms with E-state index >= 15 is 0 Å². The molecule has 1 unspecified atom stereocenters. The van der Waals surface area contributed by atoms with Crippen LogP contribution in [-0.2, 0) is 16.6 Å². The Kier molecular flexibility index (Phi) is 3.96. The average molecular weight is 284 g/mol. The summed E-state index contributed by atoms with van der Waals surface area (Å²) in [6.07, 6.45) is 1.30. The maximum Gasteiger partial charge on any atom is 0.243 e. The number of nitrogens with two attached hydrogens (primary N) is 1. The zero-order valence-corrected chi connectivity index (χ0v) is 11.9. The molecule has 106 valence electrons. The zero-order valence-electron chi connectivity index (χ0n) is 11.0. The van der Waals surface area contributed by atoms with Gasteiger partial charge in [0.25, 0.3) is 0 Å². The topological polar surface area (TPSA) is 83.6 Å². The van der Waals surface area contributed by atoms with Gasteiger partial charge in [0.1, 0.15) is 0 Å². The van der Waals surface area contributed by atoms with Gasteiger partial charge in [-0.1, -0.05) is 12.1 Å². The number of β-amino-alcohol motifs (C(OH)–C–C–N with tert-alkyl or cyclic N) is 1. The van der Waals surface area contributed by atoms with E-state index in [9.17, 15) is 13.5 Å². The first-order valence-electron chi connectivity index (χ1n) is 6.37. The second-order valence-electron chi connectivity index (χ2n) is 5.29. The molecule has 0 aliphatic carbocycles. The minimum atomic E-state index is -3.53. The molecule has 1 aliphatic rings. The standard InChI is InChI=1S/C13H20N2O3S/c1-13(16)7-2-8-15(10-13)19(17,18)12-5-3-11(9-14)4-6-12/h3-6,16H,2,7-10,14H2,1H3. The van der Waals surface area contributed by atoms with Crippen molar-refractivity contribution in [1.82, 2.24) is 4.31 Å². The van der Waals surface area contributed by atoms with Gasteiger partial charge in [0.2, 0.25) is 10.0 Å². The zero-order chi connectivity index (χ0) is 14.1. The number of nitrogens with zero attached hydrogens (tertiary/aromatic N) is 1. The van der Waals surface area contributed by atoms with Crippen LogP contribution in [0.1, 0.15) is 25.3 Å². The predicted molar refractivity (Wildman–Crippen MR) is 73.0 cm³/mol. The molecule has 1 saturated heterocycles. The highest BCUT2D eigenvalue weighted by atomic mass is 32.2. The molecule has 1 fully saturated rings. The number of rotatable bonds is 3. The summed E-state index contributed by atoms with van der Waals surface area (Å²) in [6.45, 7) is 2.66. The summed E-state index contributed by atoms with van der Waals surface area (Å²) < 4.78 is 26.3. The van der Waals surface area contributed by atoms with Crippen LogP contribution in [0.3, 0.4) is 0 Å². The van der Waals surface area contributed by atoms with Crippen LogP contribution < -0.4 is 5.73 Å². The Morgan fingerprint density at radius 1 is 1.37 bits per heavy atom. The fourth-order valence-electron chi connectivity index (χ4n) is 2.33. The van der Waals surface area contributed by atoms with Gasteiger partial charge in [0.05, 0.1) is 10.5 Å². The highest BCUT2D eigenvalue weighted by Gasteiger charge is 2.35. The van der Waals surface area contributed by atoms with Gasteiger partial charge in [-0.15, -0.1) is 0 Å².